The second-order valence-corrected chi connectivity index (χ2v) is 4.84. The Hall–Kier alpha value is -0.120. The van der Waals surface area contributed by atoms with Crippen LogP contribution in [0.3, 0.4) is 0 Å². The predicted molar refractivity (Wildman–Crippen MR) is 59.5 cm³/mol. The average Bonchev–Trinajstić information content (AvgIpc) is 2.70. The van der Waals surface area contributed by atoms with Gasteiger partial charge in [-0.1, -0.05) is 0 Å². The van der Waals surface area contributed by atoms with Gasteiger partial charge in [-0.25, -0.2) is 0 Å². The maximum atomic E-state index is 3.72. The standard InChI is InChI=1S/C11H23N3/c1-14-6-3-11(4-7-14)13-9-10-2-5-12-8-10/h10-13H,2-9H2,1H3/t10-/m0/s1. The van der Waals surface area contributed by atoms with Crippen molar-refractivity contribution in [1.82, 2.24) is 15.5 Å². The molecule has 2 N–H and O–H groups in total. The zero-order chi connectivity index (χ0) is 9.80. The lowest BCUT2D eigenvalue weighted by Gasteiger charge is -2.30. The molecule has 0 aliphatic carbocycles. The molecule has 0 spiro atoms. The van der Waals surface area contributed by atoms with Gasteiger partial charge in [0, 0.05) is 6.04 Å². The summed E-state index contributed by atoms with van der Waals surface area (Å²) >= 11 is 0. The first-order valence-electron chi connectivity index (χ1n) is 5.97. The minimum Gasteiger partial charge on any atom is -0.316 e. The highest BCUT2D eigenvalue weighted by Crippen LogP contribution is 2.10. The summed E-state index contributed by atoms with van der Waals surface area (Å²) in [5, 5.41) is 7.14. The van der Waals surface area contributed by atoms with Crippen molar-refractivity contribution < 1.29 is 0 Å². The Kier molecular flexibility index (Phi) is 3.79. The van der Waals surface area contributed by atoms with Gasteiger partial charge in [-0.3, -0.25) is 0 Å². The Balaban J connectivity index is 1.60. The Morgan fingerprint density at radius 2 is 2.07 bits per heavy atom. The van der Waals surface area contributed by atoms with Gasteiger partial charge in [0.1, 0.15) is 0 Å². The number of piperidine rings is 1. The molecule has 0 amide bonds. The van der Waals surface area contributed by atoms with E-state index in [-0.39, 0.29) is 0 Å². The minimum absolute atomic E-state index is 0.784. The van der Waals surface area contributed by atoms with Gasteiger partial charge < -0.3 is 15.5 Å². The fourth-order valence-corrected chi connectivity index (χ4v) is 2.43. The molecule has 2 rings (SSSR count). The number of rotatable bonds is 3. The fourth-order valence-electron chi connectivity index (χ4n) is 2.43. The van der Waals surface area contributed by atoms with Crippen LogP contribution in [-0.2, 0) is 0 Å². The molecule has 2 heterocycles. The molecule has 2 fully saturated rings. The topological polar surface area (TPSA) is 27.3 Å². The van der Waals surface area contributed by atoms with E-state index in [2.05, 4.69) is 22.6 Å². The molecule has 0 aromatic rings. The molecule has 0 radical (unpaired) electrons. The minimum atomic E-state index is 0.784. The average molecular weight is 197 g/mol. The number of hydrogen-bond donors (Lipinski definition) is 2. The van der Waals surface area contributed by atoms with Gasteiger partial charge in [0.25, 0.3) is 0 Å². The van der Waals surface area contributed by atoms with Crippen LogP contribution in [0.25, 0.3) is 0 Å². The summed E-state index contributed by atoms with van der Waals surface area (Å²) in [6.07, 6.45) is 4.02. The Morgan fingerprint density at radius 3 is 2.71 bits per heavy atom. The zero-order valence-electron chi connectivity index (χ0n) is 9.26. The van der Waals surface area contributed by atoms with Crippen LogP contribution in [0.15, 0.2) is 0 Å². The normalized spacial score (nSPS) is 31.1. The third-order valence-corrected chi connectivity index (χ3v) is 3.58. The van der Waals surface area contributed by atoms with Crippen LogP contribution >= 0.6 is 0 Å². The molecule has 2 saturated heterocycles. The Labute approximate surface area is 87.2 Å². The van der Waals surface area contributed by atoms with E-state index >= 15 is 0 Å². The van der Waals surface area contributed by atoms with Gasteiger partial charge in [0.2, 0.25) is 0 Å². The summed E-state index contributed by atoms with van der Waals surface area (Å²) in [6.45, 7) is 6.20. The molecule has 0 aromatic carbocycles. The first-order valence-corrected chi connectivity index (χ1v) is 5.97. The number of nitrogens with zero attached hydrogens (tertiary/aromatic N) is 1. The van der Waals surface area contributed by atoms with Crippen LogP contribution in [0, 0.1) is 5.92 Å². The quantitative estimate of drug-likeness (QED) is 0.680. The smallest absolute Gasteiger partial charge is 0.00915 e. The third kappa shape index (κ3) is 2.94. The van der Waals surface area contributed by atoms with E-state index in [1.807, 2.05) is 0 Å². The molecule has 3 nitrogen and oxygen atoms in total. The monoisotopic (exact) mass is 197 g/mol. The molecule has 1 atom stereocenters. The summed E-state index contributed by atoms with van der Waals surface area (Å²) in [5.74, 6) is 0.884. The predicted octanol–water partition coefficient (Wildman–Crippen LogP) is 0.280. The van der Waals surface area contributed by atoms with Crippen LogP contribution in [-0.4, -0.2) is 50.7 Å². The van der Waals surface area contributed by atoms with Crippen LogP contribution in [0.1, 0.15) is 19.3 Å². The molecule has 0 saturated carbocycles. The molecular weight excluding hydrogens is 174 g/mol. The van der Waals surface area contributed by atoms with Gasteiger partial charge in [-0.2, -0.15) is 0 Å². The lowest BCUT2D eigenvalue weighted by molar-refractivity contribution is 0.230. The Bertz CT molecular complexity index is 158. The third-order valence-electron chi connectivity index (χ3n) is 3.58. The lowest BCUT2D eigenvalue weighted by Crippen LogP contribution is -2.42. The summed E-state index contributed by atoms with van der Waals surface area (Å²) in [7, 11) is 2.22. The number of hydrogen-bond acceptors (Lipinski definition) is 3. The molecule has 14 heavy (non-hydrogen) atoms. The molecular formula is C11H23N3. The highest BCUT2D eigenvalue weighted by Gasteiger charge is 2.19. The summed E-state index contributed by atoms with van der Waals surface area (Å²) in [6, 6.07) is 0.784. The SMILES string of the molecule is CN1CCC(NC[C@H]2CCNC2)CC1. The van der Waals surface area contributed by atoms with Crippen molar-refractivity contribution in [3.8, 4) is 0 Å². The van der Waals surface area contributed by atoms with Crippen molar-refractivity contribution in [1.29, 1.82) is 0 Å². The van der Waals surface area contributed by atoms with Gasteiger partial charge in [-0.15, -0.1) is 0 Å². The summed E-state index contributed by atoms with van der Waals surface area (Å²) in [5.41, 5.74) is 0. The fraction of sp³-hybridized carbons (Fsp3) is 1.00. The van der Waals surface area contributed by atoms with Crippen molar-refractivity contribution in [2.75, 3.05) is 39.8 Å². The van der Waals surface area contributed by atoms with Crippen molar-refractivity contribution in [2.45, 2.75) is 25.3 Å². The highest BCUT2D eigenvalue weighted by molar-refractivity contribution is 4.79. The van der Waals surface area contributed by atoms with Crippen LogP contribution in [0.2, 0.25) is 0 Å². The van der Waals surface area contributed by atoms with Gasteiger partial charge in [0.05, 0.1) is 0 Å². The van der Waals surface area contributed by atoms with Crippen LogP contribution < -0.4 is 10.6 Å². The van der Waals surface area contributed by atoms with E-state index < -0.39 is 0 Å². The van der Waals surface area contributed by atoms with E-state index in [1.165, 1.54) is 52.0 Å². The summed E-state index contributed by atoms with van der Waals surface area (Å²) < 4.78 is 0. The zero-order valence-corrected chi connectivity index (χ0v) is 9.26. The second kappa shape index (κ2) is 5.10. The van der Waals surface area contributed by atoms with Gasteiger partial charge in [-0.05, 0) is 65.0 Å². The molecule has 2 aliphatic heterocycles. The van der Waals surface area contributed by atoms with E-state index in [9.17, 15) is 0 Å². The summed E-state index contributed by atoms with van der Waals surface area (Å²) in [4.78, 5) is 2.43. The Morgan fingerprint density at radius 1 is 1.29 bits per heavy atom. The number of likely N-dealkylation sites (tertiary alicyclic amines) is 1. The molecule has 3 heteroatoms. The van der Waals surface area contributed by atoms with Crippen LogP contribution in [0.4, 0.5) is 0 Å². The highest BCUT2D eigenvalue weighted by atomic mass is 15.1. The molecule has 0 unspecified atom stereocenters. The molecule has 0 aromatic heterocycles. The number of nitrogens with one attached hydrogen (secondary N) is 2. The lowest BCUT2D eigenvalue weighted by atomic mass is 10.0. The van der Waals surface area contributed by atoms with E-state index in [0.717, 1.165) is 12.0 Å². The van der Waals surface area contributed by atoms with Gasteiger partial charge in [0.15, 0.2) is 0 Å². The second-order valence-electron chi connectivity index (χ2n) is 4.84. The van der Waals surface area contributed by atoms with Crippen molar-refractivity contribution in [2.24, 2.45) is 5.92 Å². The maximum Gasteiger partial charge on any atom is 0.00915 e. The molecule has 82 valence electrons. The maximum absolute atomic E-state index is 3.72. The van der Waals surface area contributed by atoms with Crippen molar-refractivity contribution in [3.05, 3.63) is 0 Å². The van der Waals surface area contributed by atoms with Gasteiger partial charge >= 0.3 is 0 Å². The molecule has 0 bridgehead atoms. The van der Waals surface area contributed by atoms with E-state index in [4.69, 9.17) is 0 Å². The first-order chi connectivity index (χ1) is 6.84. The van der Waals surface area contributed by atoms with Crippen molar-refractivity contribution >= 4 is 0 Å². The van der Waals surface area contributed by atoms with E-state index in [0.29, 0.717) is 0 Å². The largest absolute Gasteiger partial charge is 0.316 e. The van der Waals surface area contributed by atoms with E-state index in [1.54, 1.807) is 0 Å². The van der Waals surface area contributed by atoms with Crippen molar-refractivity contribution in [3.63, 3.8) is 0 Å². The molecule has 2 aliphatic rings. The van der Waals surface area contributed by atoms with Crippen LogP contribution in [0.5, 0.6) is 0 Å². The first kappa shape index (κ1) is 10.4.